The summed E-state index contributed by atoms with van der Waals surface area (Å²) in [5.41, 5.74) is 3.92. The van der Waals surface area contributed by atoms with Crippen molar-refractivity contribution in [1.82, 2.24) is 20.9 Å². The summed E-state index contributed by atoms with van der Waals surface area (Å²) in [6.45, 7) is 10.4. The Bertz CT molecular complexity index is 657. The van der Waals surface area contributed by atoms with Crippen LogP contribution in [0.2, 0.25) is 0 Å². The number of unbranched alkanes of at least 4 members (excludes halogenated alkanes) is 2. The van der Waals surface area contributed by atoms with E-state index >= 15 is 0 Å². The highest BCUT2D eigenvalue weighted by Gasteiger charge is 2.07. The zero-order valence-electron chi connectivity index (χ0n) is 18.2. The van der Waals surface area contributed by atoms with Crippen molar-refractivity contribution in [1.29, 1.82) is 0 Å². The van der Waals surface area contributed by atoms with E-state index in [1.165, 1.54) is 62.0 Å². The van der Waals surface area contributed by atoms with Gasteiger partial charge in [0.05, 0.1) is 0 Å². The molecule has 1 saturated heterocycles. The van der Waals surface area contributed by atoms with Crippen LogP contribution in [-0.2, 0) is 6.54 Å². The fraction of sp³-hybridized carbons (Fsp3) is 0.520. The molecule has 2 aromatic rings. The van der Waals surface area contributed by atoms with Gasteiger partial charge in [-0.05, 0) is 68.6 Å². The Balaban J connectivity index is 0.00000320. The molecule has 0 atom stereocenters. The molecule has 1 aliphatic heterocycles. The average molecular weight is 431 g/mol. The van der Waals surface area contributed by atoms with Crippen LogP contribution >= 0.6 is 12.4 Å². The molecule has 0 spiro atoms. The van der Waals surface area contributed by atoms with Crippen molar-refractivity contribution in [2.24, 2.45) is 0 Å². The molecule has 0 amide bonds. The van der Waals surface area contributed by atoms with Crippen LogP contribution in [0.4, 0.5) is 0 Å². The third kappa shape index (κ3) is 9.59. The number of nitrogens with zero attached hydrogens (tertiary/aromatic N) is 1. The molecule has 0 radical (unpaired) electrons. The molecule has 0 aromatic heterocycles. The lowest BCUT2D eigenvalue weighted by Crippen LogP contribution is -2.43. The molecule has 4 nitrogen and oxygen atoms in total. The van der Waals surface area contributed by atoms with Gasteiger partial charge in [-0.15, -0.1) is 12.4 Å². The predicted molar refractivity (Wildman–Crippen MR) is 131 cm³/mol. The highest BCUT2D eigenvalue weighted by Crippen LogP contribution is 2.19. The Morgan fingerprint density at radius 3 is 2.00 bits per heavy atom. The zero-order chi connectivity index (χ0) is 20.0. The first-order valence-electron chi connectivity index (χ1n) is 11.4. The van der Waals surface area contributed by atoms with E-state index in [9.17, 15) is 0 Å². The second-order valence-corrected chi connectivity index (χ2v) is 8.00. The van der Waals surface area contributed by atoms with Gasteiger partial charge in [-0.2, -0.15) is 0 Å². The third-order valence-corrected chi connectivity index (χ3v) is 5.63. The summed E-state index contributed by atoms with van der Waals surface area (Å²) in [6.07, 6.45) is 5.09. The van der Waals surface area contributed by atoms with Crippen LogP contribution < -0.4 is 16.0 Å². The van der Waals surface area contributed by atoms with Gasteiger partial charge in [-0.3, -0.25) is 0 Å². The fourth-order valence-electron chi connectivity index (χ4n) is 3.82. The maximum Gasteiger partial charge on any atom is 0.0205 e. The second-order valence-electron chi connectivity index (χ2n) is 8.00. The van der Waals surface area contributed by atoms with Gasteiger partial charge in [-0.25, -0.2) is 0 Å². The van der Waals surface area contributed by atoms with Gasteiger partial charge in [0.2, 0.25) is 0 Å². The first-order chi connectivity index (χ1) is 14.4. The minimum absolute atomic E-state index is 0. The standard InChI is InChI=1S/C25H38N4.ClH/c1-2-8-24(9-3-1)25-12-10-23(11-13-25)22-28-16-5-4-14-26-15-6-7-19-29-20-17-27-18-21-29;/h1-3,8-13,26-28H,4-7,14-22H2;1H. The van der Waals surface area contributed by atoms with Gasteiger partial charge < -0.3 is 20.9 Å². The summed E-state index contributed by atoms with van der Waals surface area (Å²) in [7, 11) is 0. The lowest BCUT2D eigenvalue weighted by atomic mass is 10.0. The Morgan fingerprint density at radius 1 is 0.700 bits per heavy atom. The normalized spacial score (nSPS) is 14.4. The molecule has 30 heavy (non-hydrogen) atoms. The number of benzene rings is 2. The van der Waals surface area contributed by atoms with Crippen LogP contribution in [0.25, 0.3) is 11.1 Å². The summed E-state index contributed by atoms with van der Waals surface area (Å²) in [5.74, 6) is 0. The van der Waals surface area contributed by atoms with Gasteiger partial charge in [-0.1, -0.05) is 54.6 Å². The monoisotopic (exact) mass is 430 g/mol. The maximum absolute atomic E-state index is 3.59. The number of hydrogen-bond acceptors (Lipinski definition) is 4. The van der Waals surface area contributed by atoms with E-state index in [4.69, 9.17) is 0 Å². The van der Waals surface area contributed by atoms with Crippen molar-refractivity contribution in [3.8, 4) is 11.1 Å². The number of hydrogen-bond donors (Lipinski definition) is 3. The molecule has 2 aromatic carbocycles. The highest BCUT2D eigenvalue weighted by molar-refractivity contribution is 5.85. The van der Waals surface area contributed by atoms with Crippen LogP contribution in [0.1, 0.15) is 31.2 Å². The average Bonchev–Trinajstić information content (AvgIpc) is 2.79. The molecule has 0 saturated carbocycles. The van der Waals surface area contributed by atoms with E-state index in [0.29, 0.717) is 0 Å². The summed E-state index contributed by atoms with van der Waals surface area (Å²) in [6, 6.07) is 19.5. The van der Waals surface area contributed by atoms with E-state index in [0.717, 1.165) is 39.3 Å². The van der Waals surface area contributed by atoms with Crippen LogP contribution in [0, 0.1) is 0 Å². The van der Waals surface area contributed by atoms with E-state index in [2.05, 4.69) is 75.4 Å². The minimum Gasteiger partial charge on any atom is -0.317 e. The second kappa shape index (κ2) is 15.4. The van der Waals surface area contributed by atoms with Crippen molar-refractivity contribution in [3.63, 3.8) is 0 Å². The summed E-state index contributed by atoms with van der Waals surface area (Å²) in [5, 5.41) is 10.6. The number of piperazine rings is 1. The molecule has 1 fully saturated rings. The van der Waals surface area contributed by atoms with Crippen molar-refractivity contribution in [2.75, 3.05) is 52.4 Å². The molecule has 3 rings (SSSR count). The molecule has 1 heterocycles. The van der Waals surface area contributed by atoms with Crippen molar-refractivity contribution < 1.29 is 0 Å². The minimum atomic E-state index is 0. The number of nitrogens with one attached hydrogen (secondary N) is 3. The molecule has 1 aliphatic rings. The zero-order valence-corrected chi connectivity index (χ0v) is 19.1. The van der Waals surface area contributed by atoms with E-state index < -0.39 is 0 Å². The van der Waals surface area contributed by atoms with Gasteiger partial charge in [0.1, 0.15) is 0 Å². The van der Waals surface area contributed by atoms with Crippen molar-refractivity contribution in [3.05, 3.63) is 60.2 Å². The topological polar surface area (TPSA) is 39.3 Å². The first kappa shape index (κ1) is 24.8. The number of halogens is 1. The van der Waals surface area contributed by atoms with Crippen LogP contribution in [0.5, 0.6) is 0 Å². The fourth-order valence-corrected chi connectivity index (χ4v) is 3.82. The Hall–Kier alpha value is -1.43. The molecule has 166 valence electrons. The van der Waals surface area contributed by atoms with Gasteiger partial charge >= 0.3 is 0 Å². The molecule has 0 unspecified atom stereocenters. The van der Waals surface area contributed by atoms with E-state index in [1.807, 2.05) is 0 Å². The van der Waals surface area contributed by atoms with Crippen molar-refractivity contribution in [2.45, 2.75) is 32.2 Å². The largest absolute Gasteiger partial charge is 0.317 e. The van der Waals surface area contributed by atoms with Crippen LogP contribution in [0.15, 0.2) is 54.6 Å². The molecule has 5 heteroatoms. The molecule has 0 aliphatic carbocycles. The van der Waals surface area contributed by atoms with Gasteiger partial charge in [0.15, 0.2) is 0 Å². The van der Waals surface area contributed by atoms with Crippen LogP contribution in [-0.4, -0.2) is 57.3 Å². The van der Waals surface area contributed by atoms with E-state index in [1.54, 1.807) is 0 Å². The van der Waals surface area contributed by atoms with Crippen molar-refractivity contribution >= 4 is 12.4 Å². The molecular weight excluding hydrogens is 392 g/mol. The Labute approximate surface area is 189 Å². The molecular formula is C25H39ClN4. The summed E-state index contributed by atoms with van der Waals surface area (Å²) >= 11 is 0. The SMILES string of the molecule is Cl.c1ccc(-c2ccc(CNCCCCNCCCCN3CCNCC3)cc2)cc1. The Kier molecular flexibility index (Phi) is 12.7. The summed E-state index contributed by atoms with van der Waals surface area (Å²) in [4.78, 5) is 2.58. The van der Waals surface area contributed by atoms with Gasteiger partial charge in [0.25, 0.3) is 0 Å². The summed E-state index contributed by atoms with van der Waals surface area (Å²) < 4.78 is 0. The molecule has 3 N–H and O–H groups in total. The quantitative estimate of drug-likeness (QED) is 0.421. The molecule has 0 bridgehead atoms. The Morgan fingerprint density at radius 2 is 1.30 bits per heavy atom. The first-order valence-corrected chi connectivity index (χ1v) is 11.4. The number of rotatable bonds is 13. The van der Waals surface area contributed by atoms with Crippen LogP contribution in [0.3, 0.4) is 0 Å². The van der Waals surface area contributed by atoms with E-state index in [-0.39, 0.29) is 12.4 Å². The maximum atomic E-state index is 3.59. The van der Waals surface area contributed by atoms with Gasteiger partial charge in [0, 0.05) is 32.7 Å². The predicted octanol–water partition coefficient (Wildman–Crippen LogP) is 3.92. The highest BCUT2D eigenvalue weighted by atomic mass is 35.5. The third-order valence-electron chi connectivity index (χ3n) is 5.63. The smallest absolute Gasteiger partial charge is 0.0205 e. The lowest BCUT2D eigenvalue weighted by Gasteiger charge is -2.27. The lowest BCUT2D eigenvalue weighted by molar-refractivity contribution is 0.236.